The van der Waals surface area contributed by atoms with Crippen LogP contribution in [0.3, 0.4) is 0 Å². The lowest BCUT2D eigenvalue weighted by atomic mass is 9.70. The summed E-state index contributed by atoms with van der Waals surface area (Å²) in [5.74, 6) is 0.374. The SMILES string of the molecule is C/C(N)=C(O)\C(=C/C(C)C(C)(C)c1ccccc1)C(C)(C)c1ccccc1.CC.N=C1C=CC=CC1=N. The number of aliphatic hydroxyl groups excluding tert-OH is 1. The molecule has 0 radical (unpaired) electrons. The molecule has 0 spiro atoms. The first kappa shape index (κ1) is 31.4. The Hall–Kier alpha value is -3.66. The van der Waals surface area contributed by atoms with Crippen LogP contribution in [0.25, 0.3) is 0 Å². The Morgan fingerprint density at radius 3 is 1.59 bits per heavy atom. The second kappa shape index (κ2) is 14.2. The third-order valence-corrected chi connectivity index (χ3v) is 6.80. The fourth-order valence-corrected chi connectivity index (χ4v) is 3.88. The minimum atomic E-state index is -0.368. The fourth-order valence-electron chi connectivity index (χ4n) is 3.88. The van der Waals surface area contributed by atoms with Gasteiger partial charge in [-0.3, -0.25) is 10.8 Å². The van der Waals surface area contributed by atoms with Crippen LogP contribution in [-0.4, -0.2) is 16.5 Å². The van der Waals surface area contributed by atoms with Gasteiger partial charge in [-0.25, -0.2) is 0 Å². The van der Waals surface area contributed by atoms with Crippen molar-refractivity contribution in [3.8, 4) is 0 Å². The van der Waals surface area contributed by atoms with Gasteiger partial charge in [0.2, 0.25) is 0 Å². The predicted molar refractivity (Wildman–Crippen MR) is 161 cm³/mol. The van der Waals surface area contributed by atoms with Gasteiger partial charge in [-0.1, -0.05) is 127 Å². The molecule has 1 aliphatic carbocycles. The molecule has 0 fully saturated rings. The molecule has 0 saturated heterocycles. The Labute approximate surface area is 224 Å². The molecular formula is C33H45N3O. The van der Waals surface area contributed by atoms with E-state index < -0.39 is 0 Å². The molecule has 2 aromatic carbocycles. The van der Waals surface area contributed by atoms with Gasteiger partial charge in [0.1, 0.15) is 5.76 Å². The first-order valence-corrected chi connectivity index (χ1v) is 12.9. The van der Waals surface area contributed by atoms with E-state index >= 15 is 0 Å². The average molecular weight is 500 g/mol. The van der Waals surface area contributed by atoms with Gasteiger partial charge in [-0.2, -0.15) is 0 Å². The Morgan fingerprint density at radius 2 is 1.22 bits per heavy atom. The average Bonchev–Trinajstić information content (AvgIpc) is 2.90. The molecule has 0 aliphatic heterocycles. The molecule has 37 heavy (non-hydrogen) atoms. The highest BCUT2D eigenvalue weighted by molar-refractivity contribution is 6.48. The molecule has 1 atom stereocenters. The van der Waals surface area contributed by atoms with E-state index in [1.807, 2.05) is 38.1 Å². The van der Waals surface area contributed by atoms with Gasteiger partial charge in [-0.05, 0) is 41.5 Å². The van der Waals surface area contributed by atoms with Crippen LogP contribution in [0.1, 0.15) is 66.5 Å². The van der Waals surface area contributed by atoms with Gasteiger partial charge < -0.3 is 10.8 Å². The summed E-state index contributed by atoms with van der Waals surface area (Å²) in [7, 11) is 0. The monoisotopic (exact) mass is 499 g/mol. The van der Waals surface area contributed by atoms with E-state index in [9.17, 15) is 5.11 Å². The van der Waals surface area contributed by atoms with Crippen molar-refractivity contribution in [2.45, 2.75) is 66.2 Å². The molecular weight excluding hydrogens is 454 g/mol. The zero-order chi connectivity index (χ0) is 28.2. The maximum absolute atomic E-state index is 10.9. The van der Waals surface area contributed by atoms with Crippen LogP contribution >= 0.6 is 0 Å². The second-order valence-corrected chi connectivity index (χ2v) is 10.0. The highest BCUT2D eigenvalue weighted by Crippen LogP contribution is 2.40. The van der Waals surface area contributed by atoms with Crippen molar-refractivity contribution < 1.29 is 5.11 Å². The van der Waals surface area contributed by atoms with Crippen molar-refractivity contribution in [2.24, 2.45) is 11.7 Å². The van der Waals surface area contributed by atoms with Crippen LogP contribution in [0.4, 0.5) is 0 Å². The highest BCUT2D eigenvalue weighted by Gasteiger charge is 2.33. The van der Waals surface area contributed by atoms with E-state index in [0.717, 1.165) is 11.1 Å². The Bertz CT molecular complexity index is 1120. The Balaban J connectivity index is 0.000000574. The maximum Gasteiger partial charge on any atom is 0.137 e. The van der Waals surface area contributed by atoms with Crippen LogP contribution in [0.5, 0.6) is 0 Å². The van der Waals surface area contributed by atoms with Gasteiger partial charge in [0.25, 0.3) is 0 Å². The predicted octanol–water partition coefficient (Wildman–Crippen LogP) is 8.43. The Kier molecular flexibility index (Phi) is 12.0. The summed E-state index contributed by atoms with van der Waals surface area (Å²) in [6.07, 6.45) is 8.89. The molecule has 0 heterocycles. The summed E-state index contributed by atoms with van der Waals surface area (Å²) < 4.78 is 0. The first-order valence-electron chi connectivity index (χ1n) is 12.9. The molecule has 1 unspecified atom stereocenters. The Morgan fingerprint density at radius 1 is 0.811 bits per heavy atom. The molecule has 0 aromatic heterocycles. The van der Waals surface area contributed by atoms with E-state index in [4.69, 9.17) is 16.6 Å². The van der Waals surface area contributed by atoms with Gasteiger partial charge in [0.15, 0.2) is 0 Å². The van der Waals surface area contributed by atoms with E-state index in [1.54, 1.807) is 31.2 Å². The number of hydrogen-bond acceptors (Lipinski definition) is 4. The van der Waals surface area contributed by atoms with Crippen molar-refractivity contribution in [1.82, 2.24) is 0 Å². The topological polar surface area (TPSA) is 93.9 Å². The minimum Gasteiger partial charge on any atom is -0.506 e. The molecule has 4 heteroatoms. The maximum atomic E-state index is 10.9. The normalized spacial score (nSPS) is 15.1. The van der Waals surface area contributed by atoms with E-state index in [-0.39, 0.29) is 33.9 Å². The van der Waals surface area contributed by atoms with Crippen molar-refractivity contribution in [2.75, 3.05) is 0 Å². The van der Waals surface area contributed by atoms with Crippen LogP contribution < -0.4 is 5.73 Å². The smallest absolute Gasteiger partial charge is 0.137 e. The summed E-state index contributed by atoms with van der Waals surface area (Å²) in [4.78, 5) is 0. The van der Waals surface area contributed by atoms with Gasteiger partial charge in [-0.15, -0.1) is 0 Å². The third-order valence-electron chi connectivity index (χ3n) is 6.80. The third kappa shape index (κ3) is 8.45. The largest absolute Gasteiger partial charge is 0.506 e. The van der Waals surface area contributed by atoms with Crippen LogP contribution in [0.2, 0.25) is 0 Å². The zero-order valence-corrected chi connectivity index (χ0v) is 23.8. The zero-order valence-electron chi connectivity index (χ0n) is 23.8. The minimum absolute atomic E-state index is 0.0813. The lowest BCUT2D eigenvalue weighted by Gasteiger charge is -2.35. The highest BCUT2D eigenvalue weighted by atomic mass is 16.3. The van der Waals surface area contributed by atoms with Crippen LogP contribution in [0.15, 0.2) is 108 Å². The molecule has 0 bridgehead atoms. The molecule has 5 N–H and O–H groups in total. The molecule has 1 aliphatic rings. The van der Waals surface area contributed by atoms with Crippen molar-refractivity contribution in [1.29, 1.82) is 10.8 Å². The molecule has 0 amide bonds. The quantitative estimate of drug-likeness (QED) is 0.182. The number of benzene rings is 2. The number of nitrogens with two attached hydrogens (primary N) is 1. The molecule has 2 aromatic rings. The van der Waals surface area contributed by atoms with Crippen molar-refractivity contribution >= 4 is 11.4 Å². The van der Waals surface area contributed by atoms with Crippen molar-refractivity contribution in [3.05, 3.63) is 119 Å². The fraction of sp³-hybridized carbons (Fsp3) is 0.333. The van der Waals surface area contributed by atoms with E-state index in [1.165, 1.54) is 5.56 Å². The number of aliphatic hydroxyl groups is 1. The summed E-state index contributed by atoms with van der Waals surface area (Å²) in [6, 6.07) is 20.8. The van der Waals surface area contributed by atoms with Gasteiger partial charge >= 0.3 is 0 Å². The molecule has 4 nitrogen and oxygen atoms in total. The molecule has 0 saturated carbocycles. The number of nitrogens with one attached hydrogen (secondary N) is 2. The molecule has 198 valence electrons. The standard InChI is InChI=1S/C25H33NO.C6H6N2.C2H6/c1-18(24(3,4)20-13-9-7-10-14-20)17-22(23(27)19(2)26)25(5,6)21-15-11-8-12-16-21;7-5-3-1-2-4-6(5)8;1-2/h7-18,27H,26H2,1-6H3;1-4,7-8H;1-2H3/b22-17+,23-19-;;. The number of rotatable bonds is 6. The van der Waals surface area contributed by atoms with Crippen molar-refractivity contribution in [3.63, 3.8) is 0 Å². The first-order chi connectivity index (χ1) is 17.4. The summed E-state index contributed by atoms with van der Waals surface area (Å²) in [5.41, 5.74) is 9.85. The van der Waals surface area contributed by atoms with Gasteiger partial charge in [0, 0.05) is 16.7 Å². The lowest BCUT2D eigenvalue weighted by Crippen LogP contribution is -2.29. The van der Waals surface area contributed by atoms with Gasteiger partial charge in [0.05, 0.1) is 11.4 Å². The lowest BCUT2D eigenvalue weighted by molar-refractivity contribution is 0.376. The van der Waals surface area contributed by atoms with E-state index in [0.29, 0.717) is 5.70 Å². The summed E-state index contributed by atoms with van der Waals surface area (Å²) >= 11 is 0. The van der Waals surface area contributed by atoms with Crippen LogP contribution in [-0.2, 0) is 10.8 Å². The summed E-state index contributed by atoms with van der Waals surface area (Å²) in [6.45, 7) is 16.7. The number of allylic oxidation sites excluding steroid dienone is 7. The molecule has 3 rings (SSSR count). The summed E-state index contributed by atoms with van der Waals surface area (Å²) in [5, 5.41) is 24.9. The number of hydrogen-bond donors (Lipinski definition) is 4. The van der Waals surface area contributed by atoms with Crippen LogP contribution in [0, 0.1) is 16.7 Å². The van der Waals surface area contributed by atoms with E-state index in [2.05, 4.69) is 77.1 Å². The second-order valence-electron chi connectivity index (χ2n) is 10.0.